The Labute approximate surface area is 139 Å². The van der Waals surface area contributed by atoms with E-state index in [9.17, 15) is 18.9 Å². The molecule has 126 valence electrons. The highest BCUT2D eigenvalue weighted by Crippen LogP contribution is 2.33. The summed E-state index contributed by atoms with van der Waals surface area (Å²) < 4.78 is 26.8. The van der Waals surface area contributed by atoms with Gasteiger partial charge in [0.2, 0.25) is 11.6 Å². The topological polar surface area (TPSA) is 106 Å². The fourth-order valence-corrected chi connectivity index (χ4v) is 2.03. The molecule has 2 aromatic heterocycles. The lowest BCUT2D eigenvalue weighted by atomic mass is 10.3. The van der Waals surface area contributed by atoms with Gasteiger partial charge in [-0.2, -0.15) is 0 Å². The molecule has 0 aliphatic carbocycles. The molecule has 3 aromatic rings. The van der Waals surface area contributed by atoms with Gasteiger partial charge in [-0.15, -0.1) is 0 Å². The number of nitro groups is 1. The van der Waals surface area contributed by atoms with E-state index in [2.05, 4.69) is 25.6 Å². The highest BCUT2D eigenvalue weighted by molar-refractivity contribution is 5.76. The Morgan fingerprint density at radius 2 is 1.68 bits per heavy atom. The smallest absolute Gasteiger partial charge is 0.334 e. The third-order valence-corrected chi connectivity index (χ3v) is 3.13. The summed E-state index contributed by atoms with van der Waals surface area (Å²) in [7, 11) is 0. The maximum absolute atomic E-state index is 13.8. The summed E-state index contributed by atoms with van der Waals surface area (Å²) in [4.78, 5) is 22.2. The van der Waals surface area contributed by atoms with Crippen LogP contribution in [0.2, 0.25) is 0 Å². The van der Waals surface area contributed by atoms with Gasteiger partial charge in [0, 0.05) is 24.1 Å². The largest absolute Gasteiger partial charge is 0.353 e. The normalized spacial score (nSPS) is 10.3. The van der Waals surface area contributed by atoms with Crippen molar-refractivity contribution in [1.82, 2.24) is 15.0 Å². The molecule has 0 spiro atoms. The van der Waals surface area contributed by atoms with E-state index in [0.29, 0.717) is 11.8 Å². The van der Waals surface area contributed by atoms with Gasteiger partial charge >= 0.3 is 5.69 Å². The van der Waals surface area contributed by atoms with Crippen LogP contribution in [-0.2, 0) is 0 Å². The van der Waals surface area contributed by atoms with E-state index in [1.165, 1.54) is 12.4 Å². The summed E-state index contributed by atoms with van der Waals surface area (Å²) in [6.45, 7) is 0. The number of halogens is 2. The quantitative estimate of drug-likeness (QED) is 0.538. The SMILES string of the molecule is O=[N+]([O-])c1c(Nc2ccncc2)ncnc1Nc1ccc(F)cc1F. The van der Waals surface area contributed by atoms with Crippen molar-refractivity contribution in [3.63, 3.8) is 0 Å². The van der Waals surface area contributed by atoms with Gasteiger partial charge in [-0.1, -0.05) is 0 Å². The predicted octanol–water partition coefficient (Wildman–Crippen LogP) is 3.55. The van der Waals surface area contributed by atoms with Crippen LogP contribution in [0.25, 0.3) is 0 Å². The molecule has 10 heteroatoms. The van der Waals surface area contributed by atoms with Crippen molar-refractivity contribution in [3.05, 3.63) is 70.8 Å². The third kappa shape index (κ3) is 3.63. The number of nitrogens with one attached hydrogen (secondary N) is 2. The van der Waals surface area contributed by atoms with E-state index in [-0.39, 0.29) is 17.3 Å². The second-order valence-corrected chi connectivity index (χ2v) is 4.79. The summed E-state index contributed by atoms with van der Waals surface area (Å²) in [5, 5.41) is 16.7. The molecule has 0 radical (unpaired) electrons. The third-order valence-electron chi connectivity index (χ3n) is 3.13. The summed E-state index contributed by atoms with van der Waals surface area (Å²) in [5.41, 5.74) is -0.114. The van der Waals surface area contributed by atoms with Crippen molar-refractivity contribution < 1.29 is 13.7 Å². The van der Waals surface area contributed by atoms with Crippen LogP contribution in [-0.4, -0.2) is 19.9 Å². The van der Waals surface area contributed by atoms with E-state index in [1.54, 1.807) is 12.1 Å². The van der Waals surface area contributed by atoms with Gasteiger partial charge in [0.05, 0.1) is 10.6 Å². The molecular weight excluding hydrogens is 334 g/mol. The molecule has 25 heavy (non-hydrogen) atoms. The average Bonchev–Trinajstić information content (AvgIpc) is 2.58. The summed E-state index contributed by atoms with van der Waals surface area (Å²) >= 11 is 0. The molecule has 0 unspecified atom stereocenters. The zero-order valence-corrected chi connectivity index (χ0v) is 12.5. The molecule has 3 rings (SSSR count). The van der Waals surface area contributed by atoms with Crippen LogP contribution in [0.5, 0.6) is 0 Å². The van der Waals surface area contributed by atoms with E-state index in [0.717, 1.165) is 18.5 Å². The van der Waals surface area contributed by atoms with E-state index in [4.69, 9.17) is 0 Å². The van der Waals surface area contributed by atoms with Crippen LogP contribution in [0.1, 0.15) is 0 Å². The minimum absolute atomic E-state index is 0.0868. The van der Waals surface area contributed by atoms with Gasteiger partial charge in [0.15, 0.2) is 0 Å². The summed E-state index contributed by atoms with van der Waals surface area (Å²) in [6.07, 6.45) is 4.09. The van der Waals surface area contributed by atoms with Crippen LogP contribution in [0, 0.1) is 21.7 Å². The fourth-order valence-electron chi connectivity index (χ4n) is 2.03. The summed E-state index contributed by atoms with van der Waals surface area (Å²) in [5.74, 6) is -1.99. The number of hydrogen-bond donors (Lipinski definition) is 2. The maximum Gasteiger partial charge on any atom is 0.353 e. The average molecular weight is 344 g/mol. The Morgan fingerprint density at radius 3 is 2.32 bits per heavy atom. The predicted molar refractivity (Wildman–Crippen MR) is 85.8 cm³/mol. The van der Waals surface area contributed by atoms with Crippen molar-refractivity contribution >= 4 is 28.7 Å². The first-order chi connectivity index (χ1) is 12.0. The zero-order chi connectivity index (χ0) is 17.8. The Bertz CT molecular complexity index is 923. The first kappa shape index (κ1) is 16.2. The molecule has 0 aliphatic heterocycles. The molecule has 0 saturated heterocycles. The lowest BCUT2D eigenvalue weighted by molar-refractivity contribution is -0.383. The van der Waals surface area contributed by atoms with E-state index in [1.807, 2.05) is 0 Å². The van der Waals surface area contributed by atoms with Crippen molar-refractivity contribution in [1.29, 1.82) is 0 Å². The van der Waals surface area contributed by atoms with Crippen molar-refractivity contribution in [2.24, 2.45) is 0 Å². The Kier molecular flexibility index (Phi) is 4.42. The van der Waals surface area contributed by atoms with Gasteiger partial charge in [0.25, 0.3) is 0 Å². The Morgan fingerprint density at radius 1 is 1.00 bits per heavy atom. The molecule has 0 atom stereocenters. The Hall–Kier alpha value is -3.69. The Balaban J connectivity index is 1.99. The lowest BCUT2D eigenvalue weighted by Crippen LogP contribution is -2.06. The first-order valence-corrected chi connectivity index (χ1v) is 6.93. The number of hydrogen-bond acceptors (Lipinski definition) is 7. The van der Waals surface area contributed by atoms with Gasteiger partial charge in [-0.25, -0.2) is 18.7 Å². The number of nitrogens with zero attached hydrogens (tertiary/aromatic N) is 4. The number of aromatic nitrogens is 3. The molecule has 0 bridgehead atoms. The number of pyridine rings is 1. The van der Waals surface area contributed by atoms with Crippen molar-refractivity contribution in [2.75, 3.05) is 10.6 Å². The van der Waals surface area contributed by atoms with Gasteiger partial charge in [-0.05, 0) is 24.3 Å². The van der Waals surface area contributed by atoms with Crippen LogP contribution in [0.15, 0.2) is 49.1 Å². The first-order valence-electron chi connectivity index (χ1n) is 6.93. The number of benzene rings is 1. The van der Waals surface area contributed by atoms with Crippen LogP contribution in [0.4, 0.5) is 37.5 Å². The molecule has 1 aromatic carbocycles. The molecule has 2 heterocycles. The van der Waals surface area contributed by atoms with Crippen LogP contribution >= 0.6 is 0 Å². The molecular formula is C15H10F2N6O2. The molecule has 0 aliphatic rings. The molecule has 0 amide bonds. The number of rotatable bonds is 5. The highest BCUT2D eigenvalue weighted by atomic mass is 19.1. The maximum atomic E-state index is 13.8. The molecule has 0 saturated carbocycles. The van der Waals surface area contributed by atoms with Crippen LogP contribution < -0.4 is 10.6 Å². The summed E-state index contributed by atoms with van der Waals surface area (Å²) in [6, 6.07) is 5.99. The van der Waals surface area contributed by atoms with E-state index >= 15 is 0 Å². The monoisotopic (exact) mass is 344 g/mol. The molecule has 2 N–H and O–H groups in total. The second-order valence-electron chi connectivity index (χ2n) is 4.79. The van der Waals surface area contributed by atoms with Crippen molar-refractivity contribution in [3.8, 4) is 0 Å². The van der Waals surface area contributed by atoms with E-state index < -0.39 is 22.2 Å². The van der Waals surface area contributed by atoms with Crippen molar-refractivity contribution in [2.45, 2.75) is 0 Å². The zero-order valence-electron chi connectivity index (χ0n) is 12.5. The van der Waals surface area contributed by atoms with Gasteiger partial charge in [-0.3, -0.25) is 15.1 Å². The standard InChI is InChI=1S/C15H10F2N6O2/c16-9-1-2-12(11(17)7-9)22-15-13(23(24)25)14(19-8-20-15)21-10-3-5-18-6-4-10/h1-8H,(H2,18,19,20,21,22). The van der Waals surface area contributed by atoms with Gasteiger partial charge < -0.3 is 10.6 Å². The van der Waals surface area contributed by atoms with Crippen LogP contribution in [0.3, 0.4) is 0 Å². The van der Waals surface area contributed by atoms with Gasteiger partial charge in [0.1, 0.15) is 18.0 Å². The minimum atomic E-state index is -0.906. The fraction of sp³-hybridized carbons (Fsp3) is 0. The second kappa shape index (κ2) is 6.83. The minimum Gasteiger partial charge on any atom is -0.334 e. The lowest BCUT2D eigenvalue weighted by Gasteiger charge is -2.10. The highest BCUT2D eigenvalue weighted by Gasteiger charge is 2.24. The molecule has 8 nitrogen and oxygen atoms in total. The number of anilines is 4. The molecule has 0 fully saturated rings.